The average molecular weight is 313 g/mol. The summed E-state index contributed by atoms with van der Waals surface area (Å²) in [5.41, 5.74) is 1.65. The molecule has 1 aromatic carbocycles. The van der Waals surface area contributed by atoms with Crippen molar-refractivity contribution >= 4 is 17.0 Å². The number of hydrogen-bond acceptors (Lipinski definition) is 4. The van der Waals surface area contributed by atoms with Crippen LogP contribution in [0.1, 0.15) is 23.4 Å². The number of rotatable bonds is 6. The Morgan fingerprint density at radius 2 is 2.00 bits per heavy atom. The van der Waals surface area contributed by atoms with Crippen LogP contribution in [0.3, 0.4) is 0 Å². The highest BCUT2D eigenvalue weighted by Crippen LogP contribution is 2.34. The Balaban J connectivity index is 2.26. The molecule has 0 spiro atoms. The van der Waals surface area contributed by atoms with Crippen LogP contribution in [0, 0.1) is 6.92 Å². The zero-order chi connectivity index (χ0) is 15.4. The van der Waals surface area contributed by atoms with Gasteiger partial charge in [-0.2, -0.15) is 8.78 Å². The van der Waals surface area contributed by atoms with E-state index < -0.39 is 6.61 Å². The minimum absolute atomic E-state index is 0.0165. The largest absolute Gasteiger partial charge is 0.497 e. The first-order valence-corrected chi connectivity index (χ1v) is 7.32. The molecule has 0 aliphatic rings. The molecule has 0 saturated heterocycles. The van der Waals surface area contributed by atoms with E-state index in [1.165, 1.54) is 18.7 Å². The van der Waals surface area contributed by atoms with Crippen molar-refractivity contribution in [3.8, 4) is 11.5 Å². The minimum Gasteiger partial charge on any atom is -0.497 e. The lowest BCUT2D eigenvalue weighted by molar-refractivity contribution is -0.0494. The second-order valence-electron chi connectivity index (χ2n) is 4.57. The Morgan fingerprint density at radius 1 is 1.24 bits per heavy atom. The summed E-state index contributed by atoms with van der Waals surface area (Å²) in [6.07, 6.45) is 0. The van der Waals surface area contributed by atoms with Gasteiger partial charge in [-0.05, 0) is 43.0 Å². The molecule has 21 heavy (non-hydrogen) atoms. The van der Waals surface area contributed by atoms with Crippen molar-refractivity contribution in [1.29, 1.82) is 0 Å². The Hall–Kier alpha value is -1.82. The number of anilines is 1. The fourth-order valence-electron chi connectivity index (χ4n) is 2.07. The molecular formula is C15H17F2NO2S. The van der Waals surface area contributed by atoms with Crippen LogP contribution in [-0.4, -0.2) is 13.7 Å². The summed E-state index contributed by atoms with van der Waals surface area (Å²) in [5, 5.41) is 5.21. The van der Waals surface area contributed by atoms with E-state index in [-0.39, 0.29) is 11.8 Å². The normalized spacial score (nSPS) is 12.3. The van der Waals surface area contributed by atoms with Crippen molar-refractivity contribution in [3.63, 3.8) is 0 Å². The minimum atomic E-state index is -2.86. The predicted octanol–water partition coefficient (Wildman–Crippen LogP) is 4.84. The number of nitrogens with one attached hydrogen (secondary N) is 1. The van der Waals surface area contributed by atoms with Crippen LogP contribution < -0.4 is 14.8 Å². The Kier molecular flexibility index (Phi) is 5.01. The van der Waals surface area contributed by atoms with Crippen molar-refractivity contribution in [2.24, 2.45) is 0 Å². The number of benzene rings is 1. The van der Waals surface area contributed by atoms with Gasteiger partial charge in [-0.3, -0.25) is 0 Å². The van der Waals surface area contributed by atoms with E-state index in [0.29, 0.717) is 11.4 Å². The van der Waals surface area contributed by atoms with Gasteiger partial charge in [-0.15, -0.1) is 11.3 Å². The number of ether oxygens (including phenoxy) is 2. The van der Waals surface area contributed by atoms with E-state index in [1.54, 1.807) is 23.5 Å². The highest BCUT2D eigenvalue weighted by molar-refractivity contribution is 7.10. The van der Waals surface area contributed by atoms with Gasteiger partial charge in [-0.25, -0.2) is 0 Å². The van der Waals surface area contributed by atoms with Gasteiger partial charge in [0.1, 0.15) is 11.5 Å². The SMILES string of the molecule is COc1ccc(OC(F)F)c(NC(C)c2sccc2C)c1. The monoisotopic (exact) mass is 313 g/mol. The smallest absolute Gasteiger partial charge is 0.387 e. The molecule has 3 nitrogen and oxygen atoms in total. The van der Waals surface area contributed by atoms with Gasteiger partial charge in [0.25, 0.3) is 0 Å². The van der Waals surface area contributed by atoms with Crippen LogP contribution in [0.25, 0.3) is 0 Å². The van der Waals surface area contributed by atoms with Crippen LogP contribution in [-0.2, 0) is 0 Å². The van der Waals surface area contributed by atoms with Crippen LogP contribution >= 0.6 is 11.3 Å². The summed E-state index contributed by atoms with van der Waals surface area (Å²) >= 11 is 1.62. The highest BCUT2D eigenvalue weighted by atomic mass is 32.1. The number of thiophene rings is 1. The highest BCUT2D eigenvalue weighted by Gasteiger charge is 2.15. The number of halogens is 2. The summed E-state index contributed by atoms with van der Waals surface area (Å²) in [7, 11) is 1.53. The summed E-state index contributed by atoms with van der Waals surface area (Å²) < 4.78 is 34.6. The first kappa shape index (κ1) is 15.6. The molecule has 2 rings (SSSR count). The quantitative estimate of drug-likeness (QED) is 0.828. The molecule has 6 heteroatoms. The van der Waals surface area contributed by atoms with Gasteiger partial charge >= 0.3 is 6.61 Å². The first-order valence-electron chi connectivity index (χ1n) is 6.44. The molecule has 0 saturated carbocycles. The lowest BCUT2D eigenvalue weighted by Crippen LogP contribution is -2.10. The van der Waals surface area contributed by atoms with Crippen LogP contribution in [0.2, 0.25) is 0 Å². The molecule has 1 aromatic heterocycles. The Labute approximate surface area is 126 Å². The van der Waals surface area contributed by atoms with Crippen LogP contribution in [0.15, 0.2) is 29.6 Å². The first-order chi connectivity index (χ1) is 10.0. The molecule has 1 atom stereocenters. The number of aryl methyl sites for hydroxylation is 1. The van der Waals surface area contributed by atoms with E-state index in [2.05, 4.69) is 10.1 Å². The average Bonchev–Trinajstić information content (AvgIpc) is 2.86. The van der Waals surface area contributed by atoms with Crippen LogP contribution in [0.4, 0.5) is 14.5 Å². The van der Waals surface area contributed by atoms with Gasteiger partial charge in [0, 0.05) is 10.9 Å². The van der Waals surface area contributed by atoms with Gasteiger partial charge in [0.05, 0.1) is 18.8 Å². The molecule has 0 radical (unpaired) electrons. The summed E-state index contributed by atoms with van der Waals surface area (Å²) in [6.45, 7) is 1.13. The predicted molar refractivity (Wildman–Crippen MR) is 80.7 cm³/mol. The van der Waals surface area contributed by atoms with Gasteiger partial charge in [0.2, 0.25) is 0 Å². The molecule has 1 N–H and O–H groups in total. The van der Waals surface area contributed by atoms with E-state index >= 15 is 0 Å². The van der Waals surface area contributed by atoms with Crippen LogP contribution in [0.5, 0.6) is 11.5 Å². The molecule has 1 heterocycles. The lowest BCUT2D eigenvalue weighted by Gasteiger charge is -2.19. The molecule has 2 aromatic rings. The second kappa shape index (κ2) is 6.76. The molecule has 1 unspecified atom stereocenters. The zero-order valence-corrected chi connectivity index (χ0v) is 12.8. The maximum Gasteiger partial charge on any atom is 0.387 e. The summed E-state index contributed by atoms with van der Waals surface area (Å²) in [5.74, 6) is 0.682. The number of hydrogen-bond donors (Lipinski definition) is 1. The van der Waals surface area contributed by atoms with Crippen molar-refractivity contribution < 1.29 is 18.3 Å². The zero-order valence-electron chi connectivity index (χ0n) is 12.0. The van der Waals surface area contributed by atoms with E-state index in [4.69, 9.17) is 4.74 Å². The third-order valence-corrected chi connectivity index (χ3v) is 4.27. The van der Waals surface area contributed by atoms with Gasteiger partial charge < -0.3 is 14.8 Å². The summed E-state index contributed by atoms with van der Waals surface area (Å²) in [4.78, 5) is 1.15. The molecule has 0 fully saturated rings. The lowest BCUT2D eigenvalue weighted by atomic mass is 10.1. The fraction of sp³-hybridized carbons (Fsp3) is 0.333. The molecule has 0 aliphatic carbocycles. The Bertz CT molecular complexity index is 601. The molecule has 114 valence electrons. The van der Waals surface area contributed by atoms with Crippen molar-refractivity contribution in [3.05, 3.63) is 40.1 Å². The van der Waals surface area contributed by atoms with Crippen molar-refractivity contribution in [2.75, 3.05) is 12.4 Å². The maximum atomic E-state index is 12.5. The third-order valence-electron chi connectivity index (χ3n) is 3.07. The molecule has 0 bridgehead atoms. The van der Waals surface area contributed by atoms with E-state index in [9.17, 15) is 8.78 Å². The topological polar surface area (TPSA) is 30.5 Å². The fourth-order valence-corrected chi connectivity index (χ4v) is 3.01. The molecule has 0 amide bonds. The van der Waals surface area contributed by atoms with E-state index in [0.717, 1.165) is 4.88 Å². The molecular weight excluding hydrogens is 296 g/mol. The number of alkyl halides is 2. The van der Waals surface area contributed by atoms with Crippen molar-refractivity contribution in [2.45, 2.75) is 26.5 Å². The Morgan fingerprint density at radius 3 is 2.57 bits per heavy atom. The maximum absolute atomic E-state index is 12.5. The standard InChI is InChI=1S/C15H17F2NO2S/c1-9-6-7-21-14(9)10(2)18-12-8-11(19-3)4-5-13(12)20-15(16)17/h4-8,10,15,18H,1-3H3. The number of methoxy groups -OCH3 is 1. The summed E-state index contributed by atoms with van der Waals surface area (Å²) in [6, 6.07) is 6.72. The second-order valence-corrected chi connectivity index (χ2v) is 5.52. The van der Waals surface area contributed by atoms with Gasteiger partial charge in [-0.1, -0.05) is 0 Å². The third kappa shape index (κ3) is 3.85. The van der Waals surface area contributed by atoms with Gasteiger partial charge in [0.15, 0.2) is 0 Å². The van der Waals surface area contributed by atoms with Crippen molar-refractivity contribution in [1.82, 2.24) is 0 Å². The molecule has 0 aliphatic heterocycles. The van der Waals surface area contributed by atoms with E-state index in [1.807, 2.05) is 25.3 Å².